The summed E-state index contributed by atoms with van der Waals surface area (Å²) in [5.74, 6) is 0. The summed E-state index contributed by atoms with van der Waals surface area (Å²) in [7, 11) is -3.93. The van der Waals surface area contributed by atoms with Crippen LogP contribution in [0.5, 0.6) is 0 Å². The van der Waals surface area contributed by atoms with Crippen molar-refractivity contribution in [1.82, 2.24) is 9.97 Å². The van der Waals surface area contributed by atoms with Gasteiger partial charge in [-0.1, -0.05) is 34.8 Å². The van der Waals surface area contributed by atoms with Gasteiger partial charge in [-0.05, 0) is 23.7 Å². The van der Waals surface area contributed by atoms with Crippen molar-refractivity contribution in [3.8, 4) is 0 Å². The molecule has 20 heavy (non-hydrogen) atoms. The molecule has 0 fully saturated rings. The van der Waals surface area contributed by atoms with Crippen LogP contribution >= 0.6 is 46.4 Å². The summed E-state index contributed by atoms with van der Waals surface area (Å²) in [6, 6.07) is 2.73. The van der Waals surface area contributed by atoms with Crippen LogP contribution in [-0.2, 0) is 10.0 Å². The lowest BCUT2D eigenvalue weighted by molar-refractivity contribution is 0.600. The van der Waals surface area contributed by atoms with Gasteiger partial charge in [-0.2, -0.15) is 0 Å². The normalized spacial score (nSPS) is 11.4. The first-order chi connectivity index (χ1) is 9.29. The van der Waals surface area contributed by atoms with Crippen LogP contribution in [-0.4, -0.2) is 18.4 Å². The largest absolute Gasteiger partial charge is 0.276 e. The minimum atomic E-state index is -3.93. The Kier molecular flexibility index (Phi) is 4.61. The fraction of sp³-hybridized carbons (Fsp3) is 0. The molecule has 2 aromatic rings. The maximum atomic E-state index is 12.1. The third-order valence-corrected chi connectivity index (χ3v) is 4.46. The van der Waals surface area contributed by atoms with E-state index in [1.807, 2.05) is 0 Å². The first kappa shape index (κ1) is 15.6. The summed E-state index contributed by atoms with van der Waals surface area (Å²) < 4.78 is 26.5. The average Bonchev–Trinajstić information content (AvgIpc) is 2.34. The third kappa shape index (κ3) is 3.45. The highest BCUT2D eigenvalue weighted by Gasteiger charge is 2.19. The molecule has 0 saturated heterocycles. The number of nitrogens with zero attached hydrogens (tertiary/aromatic N) is 2. The molecule has 1 aromatic heterocycles. The lowest BCUT2D eigenvalue weighted by Crippen LogP contribution is -2.14. The molecule has 0 bridgehead atoms. The van der Waals surface area contributed by atoms with Crippen LogP contribution < -0.4 is 4.72 Å². The molecule has 1 N–H and O–H groups in total. The van der Waals surface area contributed by atoms with E-state index in [1.54, 1.807) is 0 Å². The second kappa shape index (κ2) is 5.91. The molecule has 0 amide bonds. The third-order valence-electron chi connectivity index (χ3n) is 2.15. The number of anilines is 1. The molecule has 1 heterocycles. The molecule has 5 nitrogen and oxygen atoms in total. The average molecular weight is 373 g/mol. The summed E-state index contributed by atoms with van der Waals surface area (Å²) in [5.41, 5.74) is 0.0210. The summed E-state index contributed by atoms with van der Waals surface area (Å²) in [6.45, 7) is 0. The quantitative estimate of drug-likeness (QED) is 0.829. The highest BCUT2D eigenvalue weighted by molar-refractivity contribution is 7.92. The van der Waals surface area contributed by atoms with E-state index in [4.69, 9.17) is 46.4 Å². The Bertz CT molecular complexity index is 727. The minimum Gasteiger partial charge on any atom is -0.276 e. The van der Waals surface area contributed by atoms with Gasteiger partial charge in [-0.25, -0.2) is 18.4 Å². The lowest BCUT2D eigenvalue weighted by atomic mass is 10.3. The van der Waals surface area contributed by atoms with E-state index in [9.17, 15) is 8.42 Å². The molecule has 0 aliphatic heterocycles. The van der Waals surface area contributed by atoms with Gasteiger partial charge in [0.15, 0.2) is 0 Å². The number of nitrogens with one attached hydrogen (secondary N) is 1. The van der Waals surface area contributed by atoms with Gasteiger partial charge in [-0.15, -0.1) is 0 Å². The molecule has 0 saturated carbocycles. The summed E-state index contributed by atoms with van der Waals surface area (Å²) in [6.07, 6.45) is 2.13. The van der Waals surface area contributed by atoms with Crippen LogP contribution in [0.4, 0.5) is 5.69 Å². The molecule has 2 rings (SSSR count). The molecule has 0 aliphatic rings. The Labute approximate surface area is 134 Å². The maximum Gasteiger partial charge on any atom is 0.265 e. The molecule has 0 unspecified atom stereocenters. The van der Waals surface area contributed by atoms with Crippen molar-refractivity contribution in [2.24, 2.45) is 0 Å². The zero-order valence-corrected chi connectivity index (χ0v) is 13.3. The van der Waals surface area contributed by atoms with Gasteiger partial charge in [0, 0.05) is 5.02 Å². The van der Waals surface area contributed by atoms with Crippen molar-refractivity contribution in [3.05, 3.63) is 44.9 Å². The molecule has 0 radical (unpaired) electrons. The summed E-state index contributed by atoms with van der Waals surface area (Å²) >= 11 is 23.1. The van der Waals surface area contributed by atoms with E-state index >= 15 is 0 Å². The first-order valence-corrected chi connectivity index (χ1v) is 7.94. The van der Waals surface area contributed by atoms with Crippen molar-refractivity contribution in [2.75, 3.05) is 4.72 Å². The fourth-order valence-corrected chi connectivity index (χ4v) is 3.38. The van der Waals surface area contributed by atoms with Crippen LogP contribution in [0.3, 0.4) is 0 Å². The zero-order chi connectivity index (χ0) is 14.9. The van der Waals surface area contributed by atoms with Crippen molar-refractivity contribution < 1.29 is 8.42 Å². The number of rotatable bonds is 3. The van der Waals surface area contributed by atoms with Crippen LogP contribution in [0.1, 0.15) is 0 Å². The molecule has 106 valence electrons. The Morgan fingerprint density at radius 1 is 0.950 bits per heavy atom. The Hall–Kier alpha value is -0.790. The highest BCUT2D eigenvalue weighted by atomic mass is 35.5. The molecule has 0 aliphatic carbocycles. The Morgan fingerprint density at radius 3 is 1.95 bits per heavy atom. The molecule has 0 atom stereocenters. The standard InChI is InChI=1S/C10H5Cl4N3O2S/c11-5-1-7(12)9(8(13)2-5)17-20(18,19)6-3-15-10(14)16-4-6/h1-4,17H. The second-order valence-corrected chi connectivity index (χ2v) is 6.81. The van der Waals surface area contributed by atoms with Gasteiger partial charge in [0.2, 0.25) is 5.28 Å². The van der Waals surface area contributed by atoms with E-state index in [0.717, 1.165) is 12.4 Å². The molecular weight excluding hydrogens is 368 g/mol. The number of halogens is 4. The number of hydrogen-bond donors (Lipinski definition) is 1. The lowest BCUT2D eigenvalue weighted by Gasteiger charge is -2.11. The smallest absolute Gasteiger partial charge is 0.265 e. The van der Waals surface area contributed by atoms with E-state index in [0.29, 0.717) is 0 Å². The predicted octanol–water partition coefficient (Wildman–Crippen LogP) is 3.89. The predicted molar refractivity (Wildman–Crippen MR) is 79.3 cm³/mol. The molecule has 0 spiro atoms. The molecular formula is C10H5Cl4N3O2S. The van der Waals surface area contributed by atoms with Gasteiger partial charge in [0.05, 0.1) is 28.1 Å². The van der Waals surface area contributed by atoms with Gasteiger partial charge >= 0.3 is 0 Å². The first-order valence-electron chi connectivity index (χ1n) is 4.94. The summed E-state index contributed by atoms with van der Waals surface area (Å²) in [5, 5.41) is 0.367. The molecule has 1 aromatic carbocycles. The van der Waals surface area contributed by atoms with Crippen molar-refractivity contribution in [1.29, 1.82) is 0 Å². The highest BCUT2D eigenvalue weighted by Crippen LogP contribution is 2.34. The zero-order valence-electron chi connectivity index (χ0n) is 9.44. The van der Waals surface area contributed by atoms with Crippen molar-refractivity contribution in [2.45, 2.75) is 4.90 Å². The minimum absolute atomic E-state index is 0.0210. The van der Waals surface area contributed by atoms with Crippen LogP contribution in [0.2, 0.25) is 20.4 Å². The topological polar surface area (TPSA) is 72.0 Å². The van der Waals surface area contributed by atoms with Crippen LogP contribution in [0.15, 0.2) is 29.4 Å². The Morgan fingerprint density at radius 2 is 1.45 bits per heavy atom. The molecule has 10 heteroatoms. The fourth-order valence-electron chi connectivity index (χ4n) is 1.27. The van der Waals surface area contributed by atoms with Crippen molar-refractivity contribution in [3.63, 3.8) is 0 Å². The second-order valence-electron chi connectivity index (χ2n) is 3.54. The van der Waals surface area contributed by atoms with E-state index in [1.165, 1.54) is 12.1 Å². The van der Waals surface area contributed by atoms with Crippen LogP contribution in [0.25, 0.3) is 0 Å². The van der Waals surface area contributed by atoms with Gasteiger partial charge in [0.1, 0.15) is 4.90 Å². The number of hydrogen-bond acceptors (Lipinski definition) is 4. The van der Waals surface area contributed by atoms with E-state index in [-0.39, 0.29) is 30.9 Å². The SMILES string of the molecule is O=S(=O)(Nc1c(Cl)cc(Cl)cc1Cl)c1cnc(Cl)nc1. The monoisotopic (exact) mass is 371 g/mol. The van der Waals surface area contributed by atoms with Crippen LogP contribution in [0, 0.1) is 0 Å². The van der Waals surface area contributed by atoms with E-state index < -0.39 is 10.0 Å². The number of aromatic nitrogens is 2. The van der Waals surface area contributed by atoms with Gasteiger partial charge in [-0.3, -0.25) is 4.72 Å². The summed E-state index contributed by atoms with van der Waals surface area (Å²) in [4.78, 5) is 7.01. The van der Waals surface area contributed by atoms with E-state index in [2.05, 4.69) is 14.7 Å². The van der Waals surface area contributed by atoms with Crippen molar-refractivity contribution >= 4 is 62.1 Å². The number of sulfonamides is 1. The Balaban J connectivity index is 2.41. The maximum absolute atomic E-state index is 12.1. The van der Waals surface area contributed by atoms with Gasteiger partial charge < -0.3 is 0 Å². The number of benzene rings is 1. The van der Waals surface area contributed by atoms with Gasteiger partial charge in [0.25, 0.3) is 10.0 Å².